The van der Waals surface area contributed by atoms with Gasteiger partial charge in [-0.2, -0.15) is 0 Å². The Bertz CT molecular complexity index is 684. The van der Waals surface area contributed by atoms with Gasteiger partial charge in [0.05, 0.1) is 12.3 Å². The summed E-state index contributed by atoms with van der Waals surface area (Å²) in [5.74, 6) is 0.594. The van der Waals surface area contributed by atoms with Gasteiger partial charge in [0.15, 0.2) is 5.78 Å². The number of ketones is 1. The van der Waals surface area contributed by atoms with Crippen molar-refractivity contribution in [2.75, 3.05) is 19.6 Å². The Morgan fingerprint density at radius 1 is 1.33 bits per heavy atom. The fourth-order valence-corrected chi connectivity index (χ4v) is 3.13. The SMILES string of the molecule is CC(=O)c1c[nH]c(C(=O)NCC(c2ccco2)N2CCCCC2)c1. The minimum Gasteiger partial charge on any atom is -0.468 e. The molecule has 2 N–H and O–H groups in total. The third-order valence-electron chi connectivity index (χ3n) is 4.49. The number of nitrogens with zero attached hydrogens (tertiary/aromatic N) is 1. The molecular formula is C18H23N3O3. The van der Waals surface area contributed by atoms with E-state index in [-0.39, 0.29) is 17.7 Å². The molecule has 3 heterocycles. The Hall–Kier alpha value is -2.34. The van der Waals surface area contributed by atoms with E-state index in [0.29, 0.717) is 17.8 Å². The van der Waals surface area contributed by atoms with Crippen LogP contribution < -0.4 is 5.32 Å². The Morgan fingerprint density at radius 3 is 2.75 bits per heavy atom. The number of rotatable bonds is 6. The molecule has 0 saturated carbocycles. The average molecular weight is 329 g/mol. The minimum absolute atomic E-state index is 0.0338. The standard InChI is InChI=1S/C18H23N3O3/c1-13(22)14-10-15(19-11-14)18(23)20-12-16(17-6-5-9-24-17)21-7-3-2-4-8-21/h5-6,9-11,16,19H,2-4,7-8,12H2,1H3,(H,20,23). The van der Waals surface area contributed by atoms with Crippen molar-refractivity contribution in [3.63, 3.8) is 0 Å². The Balaban J connectivity index is 1.66. The molecule has 1 unspecified atom stereocenters. The first-order chi connectivity index (χ1) is 11.6. The number of furan rings is 1. The summed E-state index contributed by atoms with van der Waals surface area (Å²) in [6, 6.07) is 5.44. The summed E-state index contributed by atoms with van der Waals surface area (Å²) >= 11 is 0. The molecule has 0 radical (unpaired) electrons. The van der Waals surface area contributed by atoms with Crippen molar-refractivity contribution < 1.29 is 14.0 Å². The lowest BCUT2D eigenvalue weighted by molar-refractivity contribution is 0.0909. The van der Waals surface area contributed by atoms with Crippen LogP contribution in [-0.4, -0.2) is 41.2 Å². The third kappa shape index (κ3) is 3.76. The smallest absolute Gasteiger partial charge is 0.267 e. The third-order valence-corrected chi connectivity index (χ3v) is 4.49. The summed E-state index contributed by atoms with van der Waals surface area (Å²) in [6.07, 6.45) is 6.82. The summed E-state index contributed by atoms with van der Waals surface area (Å²) in [6.45, 7) is 3.98. The molecule has 0 bridgehead atoms. The summed E-state index contributed by atoms with van der Waals surface area (Å²) in [5.41, 5.74) is 0.913. The second-order valence-electron chi connectivity index (χ2n) is 6.20. The number of aromatic nitrogens is 1. The molecule has 1 amide bonds. The zero-order chi connectivity index (χ0) is 16.9. The first kappa shape index (κ1) is 16.5. The lowest BCUT2D eigenvalue weighted by Crippen LogP contribution is -2.40. The number of Topliss-reactive ketones (excluding diaryl/α,β-unsaturated/α-hetero) is 1. The van der Waals surface area contributed by atoms with Crippen molar-refractivity contribution in [2.24, 2.45) is 0 Å². The van der Waals surface area contributed by atoms with E-state index in [1.54, 1.807) is 18.5 Å². The van der Waals surface area contributed by atoms with Crippen molar-refractivity contribution in [3.05, 3.63) is 47.7 Å². The van der Waals surface area contributed by atoms with Crippen molar-refractivity contribution >= 4 is 11.7 Å². The molecule has 3 rings (SSSR count). The molecule has 1 aliphatic rings. The van der Waals surface area contributed by atoms with Crippen LogP contribution >= 0.6 is 0 Å². The van der Waals surface area contributed by atoms with Crippen LogP contribution in [0.5, 0.6) is 0 Å². The molecule has 2 aromatic rings. The number of amides is 1. The predicted octanol–water partition coefficient (Wildman–Crippen LogP) is 2.77. The first-order valence-corrected chi connectivity index (χ1v) is 8.40. The summed E-state index contributed by atoms with van der Waals surface area (Å²) in [7, 11) is 0. The second-order valence-corrected chi connectivity index (χ2v) is 6.20. The van der Waals surface area contributed by atoms with Crippen molar-refractivity contribution in [1.29, 1.82) is 0 Å². The van der Waals surface area contributed by atoms with E-state index in [0.717, 1.165) is 18.8 Å². The van der Waals surface area contributed by atoms with Crippen LogP contribution in [-0.2, 0) is 0 Å². The average Bonchev–Trinajstić information content (AvgIpc) is 3.28. The lowest BCUT2D eigenvalue weighted by atomic mass is 10.1. The molecule has 128 valence electrons. The number of nitrogens with one attached hydrogen (secondary N) is 2. The highest BCUT2D eigenvalue weighted by Crippen LogP contribution is 2.24. The largest absolute Gasteiger partial charge is 0.468 e. The Labute approximate surface area is 141 Å². The van der Waals surface area contributed by atoms with Crippen molar-refractivity contribution in [3.8, 4) is 0 Å². The van der Waals surface area contributed by atoms with Crippen LogP contribution in [0.4, 0.5) is 0 Å². The Kier molecular flexibility index (Phi) is 5.15. The van der Waals surface area contributed by atoms with Gasteiger partial charge >= 0.3 is 0 Å². The van der Waals surface area contributed by atoms with E-state index in [1.807, 2.05) is 12.1 Å². The van der Waals surface area contributed by atoms with Crippen LogP contribution in [0.1, 0.15) is 58.8 Å². The van der Waals surface area contributed by atoms with E-state index in [2.05, 4.69) is 15.2 Å². The van der Waals surface area contributed by atoms with E-state index >= 15 is 0 Å². The summed E-state index contributed by atoms with van der Waals surface area (Å²) in [5, 5.41) is 2.95. The molecule has 0 spiro atoms. The lowest BCUT2D eigenvalue weighted by Gasteiger charge is -2.33. The number of hydrogen-bond donors (Lipinski definition) is 2. The Morgan fingerprint density at radius 2 is 2.12 bits per heavy atom. The van der Waals surface area contributed by atoms with Gasteiger partial charge in [-0.25, -0.2) is 0 Å². The number of carbonyl (C=O) groups excluding carboxylic acids is 2. The second kappa shape index (κ2) is 7.49. The maximum atomic E-state index is 12.3. The van der Waals surface area contributed by atoms with E-state index in [9.17, 15) is 9.59 Å². The van der Waals surface area contributed by atoms with Crippen LogP contribution in [0.25, 0.3) is 0 Å². The highest BCUT2D eigenvalue weighted by Gasteiger charge is 2.25. The molecule has 6 heteroatoms. The molecular weight excluding hydrogens is 306 g/mol. The number of H-pyrrole nitrogens is 1. The van der Waals surface area contributed by atoms with Crippen LogP contribution in [0.2, 0.25) is 0 Å². The van der Waals surface area contributed by atoms with Gasteiger partial charge < -0.3 is 14.7 Å². The van der Waals surface area contributed by atoms with Crippen molar-refractivity contribution in [2.45, 2.75) is 32.2 Å². The monoisotopic (exact) mass is 329 g/mol. The minimum atomic E-state index is -0.212. The van der Waals surface area contributed by atoms with Crippen LogP contribution in [0.3, 0.4) is 0 Å². The van der Waals surface area contributed by atoms with Gasteiger partial charge in [0, 0.05) is 18.3 Å². The molecule has 0 aromatic carbocycles. The number of hydrogen-bond acceptors (Lipinski definition) is 4. The molecule has 1 aliphatic heterocycles. The fourth-order valence-electron chi connectivity index (χ4n) is 3.13. The molecule has 1 fully saturated rings. The highest BCUT2D eigenvalue weighted by atomic mass is 16.3. The summed E-state index contributed by atoms with van der Waals surface area (Å²) < 4.78 is 5.58. The predicted molar refractivity (Wildman–Crippen MR) is 90.0 cm³/mol. The van der Waals surface area contributed by atoms with E-state index in [4.69, 9.17) is 4.42 Å². The van der Waals surface area contributed by atoms with Gasteiger partial charge in [0.25, 0.3) is 5.91 Å². The summed E-state index contributed by atoms with van der Waals surface area (Å²) in [4.78, 5) is 28.9. The normalized spacial score (nSPS) is 16.7. The molecule has 6 nitrogen and oxygen atoms in total. The molecule has 1 saturated heterocycles. The molecule has 24 heavy (non-hydrogen) atoms. The van der Waals surface area contributed by atoms with Gasteiger partial charge in [-0.3, -0.25) is 14.5 Å². The van der Waals surface area contributed by atoms with Gasteiger partial charge in [-0.15, -0.1) is 0 Å². The highest BCUT2D eigenvalue weighted by molar-refractivity contribution is 5.99. The first-order valence-electron chi connectivity index (χ1n) is 8.40. The van der Waals surface area contributed by atoms with Gasteiger partial charge in [-0.1, -0.05) is 6.42 Å². The molecule has 1 atom stereocenters. The number of piperidine rings is 1. The van der Waals surface area contributed by atoms with Gasteiger partial charge in [0.2, 0.25) is 0 Å². The van der Waals surface area contributed by atoms with Crippen LogP contribution in [0.15, 0.2) is 35.1 Å². The molecule has 2 aromatic heterocycles. The van der Waals surface area contributed by atoms with Gasteiger partial charge in [-0.05, 0) is 51.1 Å². The fraction of sp³-hybridized carbons (Fsp3) is 0.444. The number of aromatic amines is 1. The van der Waals surface area contributed by atoms with Gasteiger partial charge in [0.1, 0.15) is 11.5 Å². The van der Waals surface area contributed by atoms with Crippen molar-refractivity contribution in [1.82, 2.24) is 15.2 Å². The quantitative estimate of drug-likeness (QED) is 0.799. The zero-order valence-electron chi connectivity index (χ0n) is 13.9. The maximum Gasteiger partial charge on any atom is 0.267 e. The molecule has 0 aliphatic carbocycles. The van der Waals surface area contributed by atoms with E-state index < -0.39 is 0 Å². The maximum absolute atomic E-state index is 12.3. The topological polar surface area (TPSA) is 78.3 Å². The van der Waals surface area contributed by atoms with E-state index in [1.165, 1.54) is 26.2 Å². The van der Waals surface area contributed by atoms with Crippen LogP contribution in [0, 0.1) is 0 Å². The number of carbonyl (C=O) groups is 2. The zero-order valence-corrected chi connectivity index (χ0v) is 13.9. The number of likely N-dealkylation sites (tertiary alicyclic amines) is 1.